The number of rotatable bonds is 7. The number of aromatic nitrogens is 1. The van der Waals surface area contributed by atoms with Crippen LogP contribution < -0.4 is 10.6 Å². The van der Waals surface area contributed by atoms with Gasteiger partial charge in [-0.15, -0.1) is 11.3 Å². The molecule has 0 aliphatic rings. The lowest BCUT2D eigenvalue weighted by Crippen LogP contribution is -2.43. The van der Waals surface area contributed by atoms with Crippen molar-refractivity contribution in [2.75, 3.05) is 19.0 Å². The van der Waals surface area contributed by atoms with Gasteiger partial charge in [0.2, 0.25) is 0 Å². The molecule has 1 aromatic heterocycles. The highest BCUT2D eigenvalue weighted by molar-refractivity contribution is 7.13. The molecule has 0 aromatic carbocycles. The average molecular weight is 301 g/mol. The largest absolute Gasteiger partial charge is 0.480 e. The molecule has 7 nitrogen and oxygen atoms in total. The molecule has 0 fully saturated rings. The summed E-state index contributed by atoms with van der Waals surface area (Å²) < 4.78 is 4.81. The monoisotopic (exact) mass is 301 g/mol. The predicted molar refractivity (Wildman–Crippen MR) is 76.3 cm³/mol. The van der Waals surface area contributed by atoms with E-state index in [0.717, 1.165) is 5.69 Å². The van der Waals surface area contributed by atoms with E-state index in [2.05, 4.69) is 15.6 Å². The number of carboxylic acids is 1. The molecule has 112 valence electrons. The smallest absolute Gasteiger partial charge is 0.326 e. The van der Waals surface area contributed by atoms with Crippen molar-refractivity contribution in [1.29, 1.82) is 0 Å². The van der Waals surface area contributed by atoms with Crippen LogP contribution >= 0.6 is 11.3 Å². The summed E-state index contributed by atoms with van der Waals surface area (Å²) in [5.41, 5.74) is 0.888. The molecular formula is C12H19N3O4S. The van der Waals surface area contributed by atoms with Crippen molar-refractivity contribution in [3.63, 3.8) is 0 Å². The van der Waals surface area contributed by atoms with Crippen molar-refractivity contribution < 1.29 is 19.4 Å². The van der Waals surface area contributed by atoms with Crippen LogP contribution in [0.25, 0.3) is 0 Å². The van der Waals surface area contributed by atoms with Crippen LogP contribution in [0.5, 0.6) is 0 Å². The molecule has 8 heteroatoms. The zero-order valence-corrected chi connectivity index (χ0v) is 12.5. The molecule has 1 rings (SSSR count). The summed E-state index contributed by atoms with van der Waals surface area (Å²) in [4.78, 5) is 26.9. The molecule has 0 bridgehead atoms. The molecule has 1 unspecified atom stereocenters. The van der Waals surface area contributed by atoms with Crippen molar-refractivity contribution in [2.24, 2.45) is 0 Å². The summed E-state index contributed by atoms with van der Waals surface area (Å²) in [5.74, 6) is -0.822. The Hall–Kier alpha value is -1.67. The molecule has 0 saturated carbocycles. The Morgan fingerprint density at radius 2 is 2.20 bits per heavy atom. The number of amides is 2. The third-order valence-corrected chi connectivity index (χ3v) is 3.32. The molecule has 0 aliphatic heterocycles. The highest BCUT2D eigenvalue weighted by Gasteiger charge is 2.20. The van der Waals surface area contributed by atoms with Gasteiger partial charge in [0.1, 0.15) is 6.04 Å². The first-order valence-corrected chi connectivity index (χ1v) is 7.06. The maximum atomic E-state index is 11.7. The standard InChI is InChI=1S/C12H19N3O4S/c1-7(2)9-6-20-12(14-9)15-11(18)13-8(10(16)17)4-5-19-3/h6-8H,4-5H2,1-3H3,(H,16,17)(H2,13,14,15,18). The normalized spacial score (nSPS) is 12.2. The van der Waals surface area contributed by atoms with Gasteiger partial charge < -0.3 is 15.2 Å². The lowest BCUT2D eigenvalue weighted by molar-refractivity contribution is -0.139. The third-order valence-electron chi connectivity index (χ3n) is 2.55. The third kappa shape index (κ3) is 5.14. The van der Waals surface area contributed by atoms with Crippen LogP contribution in [-0.4, -0.2) is 41.8 Å². The second-order valence-electron chi connectivity index (χ2n) is 4.50. The van der Waals surface area contributed by atoms with Crippen LogP contribution in [0.1, 0.15) is 31.9 Å². The van der Waals surface area contributed by atoms with Gasteiger partial charge in [-0.1, -0.05) is 13.8 Å². The van der Waals surface area contributed by atoms with E-state index in [1.54, 1.807) is 0 Å². The van der Waals surface area contributed by atoms with Gasteiger partial charge in [-0.3, -0.25) is 5.32 Å². The fraction of sp³-hybridized carbons (Fsp3) is 0.583. The maximum absolute atomic E-state index is 11.7. The van der Waals surface area contributed by atoms with Gasteiger partial charge in [0, 0.05) is 25.5 Å². The second-order valence-corrected chi connectivity index (χ2v) is 5.36. The first-order chi connectivity index (χ1) is 9.43. The van der Waals surface area contributed by atoms with Gasteiger partial charge >= 0.3 is 12.0 Å². The van der Waals surface area contributed by atoms with E-state index < -0.39 is 18.0 Å². The van der Waals surface area contributed by atoms with E-state index in [1.165, 1.54) is 18.4 Å². The number of thiazole rings is 1. The van der Waals surface area contributed by atoms with Crippen LogP contribution in [0.2, 0.25) is 0 Å². The number of carbonyl (C=O) groups excluding carboxylic acids is 1. The molecule has 3 N–H and O–H groups in total. The van der Waals surface area contributed by atoms with E-state index >= 15 is 0 Å². The van der Waals surface area contributed by atoms with Gasteiger partial charge in [0.25, 0.3) is 0 Å². The highest BCUT2D eigenvalue weighted by atomic mass is 32.1. The van der Waals surface area contributed by atoms with E-state index in [1.807, 2.05) is 19.2 Å². The summed E-state index contributed by atoms with van der Waals surface area (Å²) in [5, 5.41) is 16.2. The minimum atomic E-state index is -1.10. The summed E-state index contributed by atoms with van der Waals surface area (Å²) in [6.45, 7) is 4.26. The van der Waals surface area contributed by atoms with E-state index in [-0.39, 0.29) is 18.9 Å². The number of anilines is 1. The van der Waals surface area contributed by atoms with Crippen molar-refractivity contribution >= 4 is 28.5 Å². The number of aliphatic carboxylic acids is 1. The second kappa shape index (κ2) is 7.81. The Morgan fingerprint density at radius 1 is 1.50 bits per heavy atom. The minimum absolute atomic E-state index is 0.203. The zero-order chi connectivity index (χ0) is 15.1. The lowest BCUT2D eigenvalue weighted by atomic mass is 10.2. The number of carboxylic acid groups (broad SMARTS) is 1. The van der Waals surface area contributed by atoms with Gasteiger partial charge in [0.05, 0.1) is 5.69 Å². The SMILES string of the molecule is COCCC(NC(=O)Nc1nc(C(C)C)cs1)C(=O)O. The van der Waals surface area contributed by atoms with Crippen molar-refractivity contribution in [1.82, 2.24) is 10.3 Å². The number of methoxy groups -OCH3 is 1. The molecule has 0 saturated heterocycles. The summed E-state index contributed by atoms with van der Waals surface area (Å²) >= 11 is 1.30. The molecule has 1 aromatic rings. The molecule has 2 amide bonds. The van der Waals surface area contributed by atoms with Crippen LogP contribution in [0.4, 0.5) is 9.93 Å². The van der Waals surface area contributed by atoms with E-state index in [9.17, 15) is 9.59 Å². The van der Waals surface area contributed by atoms with Gasteiger partial charge in [-0.05, 0) is 5.92 Å². The van der Waals surface area contributed by atoms with Crippen LogP contribution in [0, 0.1) is 0 Å². The summed E-state index contributed by atoms with van der Waals surface area (Å²) in [6, 6.07) is -1.57. The number of hydrogen-bond acceptors (Lipinski definition) is 5. The number of ether oxygens (including phenoxy) is 1. The topological polar surface area (TPSA) is 101 Å². The lowest BCUT2D eigenvalue weighted by Gasteiger charge is -2.13. The number of hydrogen-bond donors (Lipinski definition) is 3. The Bertz CT molecular complexity index is 461. The average Bonchev–Trinajstić information content (AvgIpc) is 2.82. The van der Waals surface area contributed by atoms with Crippen LogP contribution in [-0.2, 0) is 9.53 Å². The fourth-order valence-electron chi connectivity index (χ4n) is 1.39. The highest BCUT2D eigenvalue weighted by Crippen LogP contribution is 2.21. The van der Waals surface area contributed by atoms with Crippen molar-refractivity contribution in [3.8, 4) is 0 Å². The number of urea groups is 1. The summed E-state index contributed by atoms with van der Waals surface area (Å²) in [7, 11) is 1.47. The number of carbonyl (C=O) groups is 2. The molecule has 0 spiro atoms. The van der Waals surface area contributed by atoms with Gasteiger partial charge in [-0.25, -0.2) is 14.6 Å². The Kier molecular flexibility index (Phi) is 6.40. The van der Waals surface area contributed by atoms with Gasteiger partial charge in [0.15, 0.2) is 5.13 Å². The minimum Gasteiger partial charge on any atom is -0.480 e. The molecule has 0 radical (unpaired) electrons. The zero-order valence-electron chi connectivity index (χ0n) is 11.7. The van der Waals surface area contributed by atoms with E-state index in [4.69, 9.17) is 9.84 Å². The number of nitrogens with zero attached hydrogens (tertiary/aromatic N) is 1. The molecular weight excluding hydrogens is 282 g/mol. The quantitative estimate of drug-likeness (QED) is 0.714. The predicted octanol–water partition coefficient (Wildman–Crippen LogP) is 1.88. The molecule has 0 aliphatic carbocycles. The first-order valence-electron chi connectivity index (χ1n) is 6.18. The van der Waals surface area contributed by atoms with Crippen LogP contribution in [0.3, 0.4) is 0 Å². The van der Waals surface area contributed by atoms with Crippen molar-refractivity contribution in [3.05, 3.63) is 11.1 Å². The van der Waals surface area contributed by atoms with Crippen LogP contribution in [0.15, 0.2) is 5.38 Å². The maximum Gasteiger partial charge on any atom is 0.326 e. The van der Waals surface area contributed by atoms with Gasteiger partial charge in [-0.2, -0.15) is 0 Å². The molecule has 1 atom stereocenters. The fourth-order valence-corrected chi connectivity index (χ4v) is 2.26. The first kappa shape index (κ1) is 16.4. The Labute approximate surface area is 121 Å². The molecule has 20 heavy (non-hydrogen) atoms. The Balaban J connectivity index is 2.54. The summed E-state index contributed by atoms with van der Waals surface area (Å²) in [6.07, 6.45) is 0.203. The van der Waals surface area contributed by atoms with Crippen molar-refractivity contribution in [2.45, 2.75) is 32.2 Å². The Morgan fingerprint density at radius 3 is 2.70 bits per heavy atom. The molecule has 1 heterocycles. The van der Waals surface area contributed by atoms with E-state index in [0.29, 0.717) is 5.13 Å². The number of nitrogens with one attached hydrogen (secondary N) is 2.